The van der Waals surface area contributed by atoms with E-state index in [1.807, 2.05) is 0 Å². The molecule has 3 nitrogen and oxygen atoms in total. The highest BCUT2D eigenvalue weighted by Crippen LogP contribution is 2.27. The second-order valence-corrected chi connectivity index (χ2v) is 5.80. The van der Waals surface area contributed by atoms with Crippen molar-refractivity contribution in [2.24, 2.45) is 5.92 Å². The molecule has 0 radical (unpaired) electrons. The van der Waals surface area contributed by atoms with Gasteiger partial charge in [0.1, 0.15) is 11.6 Å². The van der Waals surface area contributed by atoms with Crippen molar-refractivity contribution in [1.29, 1.82) is 0 Å². The largest absolute Gasteiger partial charge is 0.338 e. The molecule has 6 heteroatoms. The maximum atomic E-state index is 13.8. The molecule has 0 aromatic heterocycles. The van der Waals surface area contributed by atoms with Gasteiger partial charge in [0.05, 0.1) is 10.6 Å². The summed E-state index contributed by atoms with van der Waals surface area (Å²) in [6.07, 6.45) is 1.88. The number of fused-ring (bicyclic) bond motifs is 1. The smallest absolute Gasteiger partial charge is 0.256 e. The maximum Gasteiger partial charge on any atom is 0.256 e. The molecule has 1 N–H and O–H groups in total. The van der Waals surface area contributed by atoms with Crippen molar-refractivity contribution in [3.63, 3.8) is 0 Å². The highest BCUT2D eigenvalue weighted by molar-refractivity contribution is 6.30. The molecule has 0 spiro atoms. The van der Waals surface area contributed by atoms with Crippen molar-refractivity contribution < 1.29 is 13.6 Å². The van der Waals surface area contributed by atoms with Gasteiger partial charge in [-0.05, 0) is 37.4 Å². The van der Waals surface area contributed by atoms with Gasteiger partial charge in [0.25, 0.3) is 5.91 Å². The number of rotatable bonds is 1. The van der Waals surface area contributed by atoms with Crippen molar-refractivity contribution in [3.8, 4) is 0 Å². The van der Waals surface area contributed by atoms with Crippen LogP contribution in [0.25, 0.3) is 0 Å². The van der Waals surface area contributed by atoms with E-state index in [4.69, 9.17) is 11.6 Å². The number of likely N-dealkylation sites (tertiary alicyclic amines) is 1. The van der Waals surface area contributed by atoms with Crippen LogP contribution in [0.3, 0.4) is 0 Å². The Bertz CT molecular complexity index is 552. The van der Waals surface area contributed by atoms with Gasteiger partial charge >= 0.3 is 0 Å². The number of halogens is 3. The van der Waals surface area contributed by atoms with Crippen molar-refractivity contribution in [2.45, 2.75) is 18.9 Å². The lowest BCUT2D eigenvalue weighted by molar-refractivity contribution is 0.0657. The normalized spacial score (nSPS) is 25.6. The molecule has 2 heterocycles. The lowest BCUT2D eigenvalue weighted by Gasteiger charge is -2.35. The molecule has 108 valence electrons. The minimum Gasteiger partial charge on any atom is -0.338 e. The predicted octanol–water partition coefficient (Wildman–Crippen LogP) is 2.44. The van der Waals surface area contributed by atoms with Gasteiger partial charge in [-0.3, -0.25) is 4.79 Å². The Hall–Kier alpha value is -1.20. The number of hydrogen-bond donors (Lipinski definition) is 1. The number of piperidine rings is 1. The highest BCUT2D eigenvalue weighted by atomic mass is 35.5. The van der Waals surface area contributed by atoms with Crippen LogP contribution in [0.4, 0.5) is 8.78 Å². The van der Waals surface area contributed by atoms with Crippen LogP contribution in [0.15, 0.2) is 12.1 Å². The maximum absolute atomic E-state index is 13.8. The third-order valence-electron chi connectivity index (χ3n) is 4.18. The Labute approximate surface area is 120 Å². The zero-order valence-electron chi connectivity index (χ0n) is 10.8. The second-order valence-electron chi connectivity index (χ2n) is 5.40. The summed E-state index contributed by atoms with van der Waals surface area (Å²) in [6.45, 7) is 2.12. The summed E-state index contributed by atoms with van der Waals surface area (Å²) in [6, 6.07) is 2.19. The van der Waals surface area contributed by atoms with Gasteiger partial charge in [-0.2, -0.15) is 0 Å². The molecule has 0 aliphatic carbocycles. The van der Waals surface area contributed by atoms with Crippen molar-refractivity contribution in [1.82, 2.24) is 10.2 Å². The molecule has 1 amide bonds. The number of hydrogen-bond acceptors (Lipinski definition) is 2. The summed E-state index contributed by atoms with van der Waals surface area (Å²) < 4.78 is 27.2. The molecule has 0 bridgehead atoms. The van der Waals surface area contributed by atoms with Gasteiger partial charge in [0.15, 0.2) is 0 Å². The highest BCUT2D eigenvalue weighted by Gasteiger charge is 2.35. The van der Waals surface area contributed by atoms with Crippen molar-refractivity contribution >= 4 is 17.5 Å². The van der Waals surface area contributed by atoms with Crippen LogP contribution < -0.4 is 5.32 Å². The number of carbonyl (C=O) groups is 1. The molecule has 1 aromatic rings. The molecule has 2 aliphatic heterocycles. The van der Waals surface area contributed by atoms with Crippen molar-refractivity contribution in [2.75, 3.05) is 19.6 Å². The summed E-state index contributed by atoms with van der Waals surface area (Å²) in [4.78, 5) is 13.9. The first-order valence-electron chi connectivity index (χ1n) is 6.73. The fourth-order valence-electron chi connectivity index (χ4n) is 3.09. The monoisotopic (exact) mass is 300 g/mol. The van der Waals surface area contributed by atoms with E-state index >= 15 is 0 Å². The van der Waals surface area contributed by atoms with E-state index in [0.29, 0.717) is 25.0 Å². The third-order valence-corrected chi connectivity index (χ3v) is 4.47. The lowest BCUT2D eigenvalue weighted by atomic mass is 9.93. The van der Waals surface area contributed by atoms with Crippen LogP contribution in [-0.2, 0) is 0 Å². The summed E-state index contributed by atoms with van der Waals surface area (Å²) >= 11 is 5.50. The molecule has 2 atom stereocenters. The van der Waals surface area contributed by atoms with Gasteiger partial charge < -0.3 is 10.2 Å². The van der Waals surface area contributed by atoms with E-state index in [9.17, 15) is 13.6 Å². The predicted molar refractivity (Wildman–Crippen MR) is 71.8 cm³/mol. The summed E-state index contributed by atoms with van der Waals surface area (Å²) in [7, 11) is 0. The fraction of sp³-hybridized carbons (Fsp3) is 0.500. The van der Waals surface area contributed by atoms with E-state index in [-0.39, 0.29) is 10.6 Å². The first kappa shape index (κ1) is 13.8. The minimum absolute atomic E-state index is 0.240. The molecular weight excluding hydrogens is 286 g/mol. The van der Waals surface area contributed by atoms with E-state index in [1.54, 1.807) is 4.90 Å². The average Bonchev–Trinajstić information content (AvgIpc) is 2.89. The third kappa shape index (κ3) is 2.40. The Balaban J connectivity index is 1.80. The molecule has 2 fully saturated rings. The number of carbonyl (C=O) groups excluding carboxylic acids is 1. The first-order valence-corrected chi connectivity index (χ1v) is 7.11. The Morgan fingerprint density at radius 2 is 2.10 bits per heavy atom. The SMILES string of the molecule is O=C(c1cc(F)c(Cl)cc1F)N1CCC2NCCC2C1. The summed E-state index contributed by atoms with van der Waals surface area (Å²) in [5.41, 5.74) is -0.240. The number of nitrogens with zero attached hydrogens (tertiary/aromatic N) is 1. The lowest BCUT2D eigenvalue weighted by Crippen LogP contribution is -2.47. The summed E-state index contributed by atoms with van der Waals surface area (Å²) in [5.74, 6) is -1.58. The van der Waals surface area contributed by atoms with Crippen LogP contribution >= 0.6 is 11.6 Å². The minimum atomic E-state index is -0.770. The van der Waals surface area contributed by atoms with Gasteiger partial charge in [-0.25, -0.2) is 8.78 Å². The number of nitrogens with one attached hydrogen (secondary N) is 1. The Kier molecular flexibility index (Phi) is 3.65. The van der Waals surface area contributed by atoms with Crippen LogP contribution in [0.1, 0.15) is 23.2 Å². The fourth-order valence-corrected chi connectivity index (χ4v) is 3.24. The van der Waals surface area contributed by atoms with E-state index < -0.39 is 17.5 Å². The van der Waals surface area contributed by atoms with Crippen LogP contribution in [0.2, 0.25) is 5.02 Å². The topological polar surface area (TPSA) is 32.3 Å². The van der Waals surface area contributed by atoms with Gasteiger partial charge in [0, 0.05) is 19.1 Å². The molecule has 2 aliphatic rings. The molecule has 1 aromatic carbocycles. The van der Waals surface area contributed by atoms with Gasteiger partial charge in [-0.1, -0.05) is 11.6 Å². The Morgan fingerprint density at radius 1 is 1.30 bits per heavy atom. The zero-order valence-corrected chi connectivity index (χ0v) is 11.6. The molecule has 2 saturated heterocycles. The van der Waals surface area contributed by atoms with Crippen LogP contribution in [-0.4, -0.2) is 36.5 Å². The van der Waals surface area contributed by atoms with Gasteiger partial charge in [0.2, 0.25) is 0 Å². The quantitative estimate of drug-likeness (QED) is 0.808. The van der Waals surface area contributed by atoms with E-state index in [1.165, 1.54) is 0 Å². The second kappa shape index (κ2) is 5.30. The first-order chi connectivity index (χ1) is 9.56. The van der Waals surface area contributed by atoms with E-state index in [2.05, 4.69) is 5.32 Å². The number of amides is 1. The molecule has 20 heavy (non-hydrogen) atoms. The molecule has 3 rings (SSSR count). The van der Waals surface area contributed by atoms with Gasteiger partial charge in [-0.15, -0.1) is 0 Å². The van der Waals surface area contributed by atoms with Crippen molar-refractivity contribution in [3.05, 3.63) is 34.4 Å². The Morgan fingerprint density at radius 3 is 2.90 bits per heavy atom. The van der Waals surface area contributed by atoms with Crippen LogP contribution in [0, 0.1) is 17.6 Å². The average molecular weight is 301 g/mol. The molecule has 2 unspecified atom stereocenters. The molecular formula is C14H15ClF2N2O. The summed E-state index contributed by atoms with van der Waals surface area (Å²) in [5, 5.41) is 3.09. The van der Waals surface area contributed by atoms with E-state index in [0.717, 1.165) is 31.5 Å². The van der Waals surface area contributed by atoms with Crippen LogP contribution in [0.5, 0.6) is 0 Å². The molecule has 0 saturated carbocycles. The standard InChI is InChI=1S/C14H15ClF2N2O/c15-10-6-11(16)9(5-12(10)17)14(20)19-4-2-13-8(7-19)1-3-18-13/h5-6,8,13,18H,1-4,7H2. The number of benzene rings is 1. The zero-order chi connectivity index (χ0) is 14.3.